The molecule has 0 aliphatic carbocycles. The van der Waals surface area contributed by atoms with E-state index in [1.54, 1.807) is 6.92 Å². The van der Waals surface area contributed by atoms with Crippen LogP contribution in [0.3, 0.4) is 0 Å². The van der Waals surface area contributed by atoms with Gasteiger partial charge in [-0.25, -0.2) is 9.18 Å². The van der Waals surface area contributed by atoms with E-state index in [0.29, 0.717) is 6.42 Å². The van der Waals surface area contributed by atoms with Crippen molar-refractivity contribution in [3.63, 3.8) is 0 Å². The Morgan fingerprint density at radius 3 is 2.52 bits per heavy atom. The van der Waals surface area contributed by atoms with Crippen molar-refractivity contribution in [1.82, 2.24) is 10.6 Å². The van der Waals surface area contributed by atoms with Crippen LogP contribution in [0, 0.1) is 11.7 Å². The molecule has 0 unspecified atom stereocenters. The number of halogens is 1. The van der Waals surface area contributed by atoms with Crippen molar-refractivity contribution < 1.29 is 33.0 Å². The highest BCUT2D eigenvalue weighted by atomic mass is 19.1. The lowest BCUT2D eigenvalue weighted by Gasteiger charge is -2.21. The molecule has 9 heteroatoms. The monoisotopic (exact) mass is 382 g/mol. The van der Waals surface area contributed by atoms with Crippen LogP contribution in [0.5, 0.6) is 0 Å². The smallest absolute Gasteiger partial charge is 0.328 e. The Labute approximate surface area is 156 Å². The number of carbonyl (C=O) groups is 4. The molecule has 0 aliphatic rings. The summed E-state index contributed by atoms with van der Waals surface area (Å²) in [6.07, 6.45) is 0.631. The van der Waals surface area contributed by atoms with Gasteiger partial charge in [0.1, 0.15) is 18.4 Å². The Morgan fingerprint density at radius 1 is 1.22 bits per heavy atom. The van der Waals surface area contributed by atoms with Crippen molar-refractivity contribution in [3.8, 4) is 0 Å². The van der Waals surface area contributed by atoms with Crippen LogP contribution in [0.15, 0.2) is 24.3 Å². The molecule has 2 amide bonds. The topological polar surface area (TPSA) is 111 Å². The summed E-state index contributed by atoms with van der Waals surface area (Å²) in [6.45, 7) is 2.52. The van der Waals surface area contributed by atoms with E-state index in [1.807, 2.05) is 6.92 Å². The third kappa shape index (κ3) is 7.43. The summed E-state index contributed by atoms with van der Waals surface area (Å²) in [5.41, 5.74) is 0.0509. The maximum Gasteiger partial charge on any atom is 0.328 e. The van der Waals surface area contributed by atoms with Crippen LogP contribution >= 0.6 is 0 Å². The second-order valence-electron chi connectivity index (χ2n) is 5.81. The van der Waals surface area contributed by atoms with Gasteiger partial charge in [-0.1, -0.05) is 26.3 Å². The number of rotatable bonds is 9. The van der Waals surface area contributed by atoms with Gasteiger partial charge in [0.15, 0.2) is 6.61 Å². The minimum atomic E-state index is -0.854. The minimum Gasteiger partial charge on any atom is -0.467 e. The van der Waals surface area contributed by atoms with E-state index in [-0.39, 0.29) is 11.5 Å². The Bertz CT molecular complexity index is 694. The van der Waals surface area contributed by atoms with Crippen LogP contribution < -0.4 is 10.6 Å². The molecular formula is C18H23FN2O6. The Kier molecular flexibility index (Phi) is 8.91. The minimum absolute atomic E-state index is 0.0509. The first-order valence-electron chi connectivity index (χ1n) is 8.35. The molecule has 2 N–H and O–H groups in total. The highest BCUT2D eigenvalue weighted by Gasteiger charge is 2.26. The number of hydrogen-bond donors (Lipinski definition) is 2. The maximum atomic E-state index is 13.1. The van der Waals surface area contributed by atoms with Crippen molar-refractivity contribution in [2.24, 2.45) is 5.92 Å². The summed E-state index contributed by atoms with van der Waals surface area (Å²) in [5, 5.41) is 4.71. The number of carbonyl (C=O) groups excluding carboxylic acids is 4. The van der Waals surface area contributed by atoms with Crippen LogP contribution in [0.25, 0.3) is 0 Å². The van der Waals surface area contributed by atoms with Gasteiger partial charge in [0, 0.05) is 5.56 Å². The molecule has 0 bridgehead atoms. The second kappa shape index (κ2) is 10.9. The highest BCUT2D eigenvalue weighted by molar-refractivity contribution is 5.96. The van der Waals surface area contributed by atoms with Crippen molar-refractivity contribution >= 4 is 23.8 Å². The predicted octanol–water partition coefficient (Wildman–Crippen LogP) is 0.803. The molecule has 0 saturated heterocycles. The summed E-state index contributed by atoms with van der Waals surface area (Å²) in [7, 11) is 1.21. The maximum absolute atomic E-state index is 13.1. The number of ether oxygens (including phenoxy) is 2. The fraction of sp³-hybridized carbons (Fsp3) is 0.444. The van der Waals surface area contributed by atoms with Gasteiger partial charge in [0.05, 0.1) is 7.11 Å². The molecule has 8 nitrogen and oxygen atoms in total. The van der Waals surface area contributed by atoms with Crippen molar-refractivity contribution in [1.29, 1.82) is 0 Å². The van der Waals surface area contributed by atoms with Gasteiger partial charge in [0.2, 0.25) is 0 Å². The first-order chi connectivity index (χ1) is 12.8. The van der Waals surface area contributed by atoms with E-state index in [4.69, 9.17) is 4.74 Å². The number of amides is 2. The summed E-state index contributed by atoms with van der Waals surface area (Å²) in [5.74, 6) is -3.51. The standard InChI is InChI=1S/C18H23FN2O6/c1-4-11(2)16(18(25)26-3)21-14(22)10-27-15(23)9-20-17(24)12-6-5-7-13(19)8-12/h5-8,11,16H,4,9-10H2,1-3H3,(H,20,24)(H,21,22)/t11-,16+/m1/s1. The van der Waals surface area contributed by atoms with Gasteiger partial charge < -0.3 is 20.1 Å². The zero-order valence-corrected chi connectivity index (χ0v) is 15.4. The molecule has 0 spiro atoms. The van der Waals surface area contributed by atoms with Gasteiger partial charge >= 0.3 is 11.9 Å². The number of nitrogens with one attached hydrogen (secondary N) is 2. The summed E-state index contributed by atoms with van der Waals surface area (Å²) >= 11 is 0. The zero-order chi connectivity index (χ0) is 20.4. The Balaban J connectivity index is 2.43. The van der Waals surface area contributed by atoms with E-state index in [0.717, 1.165) is 6.07 Å². The molecule has 0 fully saturated rings. The molecule has 0 aromatic heterocycles. The number of hydrogen-bond acceptors (Lipinski definition) is 6. The SMILES string of the molecule is CC[C@@H](C)[C@H](NC(=O)COC(=O)CNC(=O)c1cccc(F)c1)C(=O)OC. The summed E-state index contributed by atoms with van der Waals surface area (Å²) < 4.78 is 22.4. The average Bonchev–Trinajstić information content (AvgIpc) is 2.67. The lowest BCUT2D eigenvalue weighted by atomic mass is 9.99. The molecule has 0 aliphatic heterocycles. The van der Waals surface area contributed by atoms with E-state index in [1.165, 1.54) is 25.3 Å². The molecule has 1 aromatic carbocycles. The average molecular weight is 382 g/mol. The van der Waals surface area contributed by atoms with Crippen LogP contribution in [-0.2, 0) is 23.9 Å². The summed E-state index contributed by atoms with van der Waals surface area (Å²) in [4.78, 5) is 47.0. The normalized spacial score (nSPS) is 12.4. The van der Waals surface area contributed by atoms with E-state index in [2.05, 4.69) is 15.4 Å². The van der Waals surface area contributed by atoms with Gasteiger partial charge in [-0.2, -0.15) is 0 Å². The Hall–Kier alpha value is -2.97. The number of esters is 2. The summed E-state index contributed by atoms with van der Waals surface area (Å²) in [6, 6.07) is 4.11. The quantitative estimate of drug-likeness (QED) is 0.612. The van der Waals surface area contributed by atoms with E-state index in [9.17, 15) is 23.6 Å². The van der Waals surface area contributed by atoms with Crippen LogP contribution in [0.2, 0.25) is 0 Å². The van der Waals surface area contributed by atoms with Crippen LogP contribution in [0.4, 0.5) is 4.39 Å². The van der Waals surface area contributed by atoms with E-state index >= 15 is 0 Å². The van der Waals surface area contributed by atoms with Crippen molar-refractivity contribution in [2.75, 3.05) is 20.3 Å². The zero-order valence-electron chi connectivity index (χ0n) is 15.4. The number of methoxy groups -OCH3 is 1. The highest BCUT2D eigenvalue weighted by Crippen LogP contribution is 2.09. The first-order valence-corrected chi connectivity index (χ1v) is 8.35. The fourth-order valence-corrected chi connectivity index (χ4v) is 2.09. The molecule has 1 aromatic rings. The van der Waals surface area contributed by atoms with E-state index < -0.39 is 48.8 Å². The molecule has 1 rings (SSSR count). The third-order valence-corrected chi connectivity index (χ3v) is 3.83. The molecule has 0 saturated carbocycles. The molecule has 27 heavy (non-hydrogen) atoms. The lowest BCUT2D eigenvalue weighted by Crippen LogP contribution is -2.47. The number of benzene rings is 1. The van der Waals surface area contributed by atoms with Crippen LogP contribution in [0.1, 0.15) is 30.6 Å². The van der Waals surface area contributed by atoms with Crippen molar-refractivity contribution in [3.05, 3.63) is 35.6 Å². The molecular weight excluding hydrogens is 359 g/mol. The van der Waals surface area contributed by atoms with Gasteiger partial charge in [-0.3, -0.25) is 14.4 Å². The molecule has 0 radical (unpaired) electrons. The van der Waals surface area contributed by atoms with Gasteiger partial charge in [0.25, 0.3) is 11.8 Å². The van der Waals surface area contributed by atoms with Gasteiger partial charge in [-0.05, 0) is 24.1 Å². The third-order valence-electron chi connectivity index (χ3n) is 3.83. The largest absolute Gasteiger partial charge is 0.467 e. The van der Waals surface area contributed by atoms with Crippen LogP contribution in [-0.4, -0.2) is 50.1 Å². The Morgan fingerprint density at radius 2 is 1.93 bits per heavy atom. The van der Waals surface area contributed by atoms with Gasteiger partial charge in [-0.15, -0.1) is 0 Å². The first kappa shape index (κ1) is 22.1. The van der Waals surface area contributed by atoms with Crippen molar-refractivity contribution in [2.45, 2.75) is 26.3 Å². The fourth-order valence-electron chi connectivity index (χ4n) is 2.09. The second-order valence-corrected chi connectivity index (χ2v) is 5.81. The predicted molar refractivity (Wildman–Crippen MR) is 93.1 cm³/mol. The molecule has 148 valence electrons. The molecule has 0 heterocycles. The lowest BCUT2D eigenvalue weighted by molar-refractivity contribution is -0.150. The molecule has 2 atom stereocenters.